The van der Waals surface area contributed by atoms with E-state index in [1.165, 1.54) is 0 Å². The number of hydrogen-bond acceptors (Lipinski definition) is 11. The molecular formula is C62H62B3Br2N5O6. The van der Waals surface area contributed by atoms with E-state index < -0.39 is 14.2 Å². The van der Waals surface area contributed by atoms with E-state index in [1.54, 1.807) is 42.5 Å². The first-order chi connectivity index (χ1) is 37.5. The van der Waals surface area contributed by atoms with Gasteiger partial charge in [0.15, 0.2) is 0 Å². The van der Waals surface area contributed by atoms with Crippen LogP contribution >= 0.6 is 31.9 Å². The van der Waals surface area contributed by atoms with E-state index in [1.807, 2.05) is 204 Å². The van der Waals surface area contributed by atoms with E-state index in [4.69, 9.17) is 46.5 Å². The predicted molar refractivity (Wildman–Crippen MR) is 333 cm³/mol. The highest BCUT2D eigenvalue weighted by atomic mass is 79.9. The largest absolute Gasteiger partial charge is 0.496 e. The zero-order valence-electron chi connectivity index (χ0n) is 43.8. The maximum Gasteiger partial charge on any atom is 0.496 e. The van der Waals surface area contributed by atoms with Crippen molar-refractivity contribution in [1.82, 2.24) is 0 Å². The molecule has 10 rings (SSSR count). The average molecular weight is 1170 g/mol. The van der Waals surface area contributed by atoms with Gasteiger partial charge >= 0.3 is 21.4 Å². The number of para-hydroxylation sites is 5. The first-order valence-electron chi connectivity index (χ1n) is 24.9. The highest BCUT2D eigenvalue weighted by Gasteiger charge is 2.52. The maximum atomic E-state index is 9.54. The fourth-order valence-corrected chi connectivity index (χ4v) is 8.14. The molecule has 0 amide bonds. The summed E-state index contributed by atoms with van der Waals surface area (Å²) in [7, 11) is -3.39. The number of anilines is 3. The minimum atomic E-state index is -1.55. The Balaban J connectivity index is 0.000000165. The Morgan fingerprint density at radius 3 is 1.06 bits per heavy atom. The Kier molecular flexibility index (Phi) is 22.6. The Morgan fingerprint density at radius 2 is 0.705 bits per heavy atom. The third-order valence-electron chi connectivity index (χ3n) is 12.4. The third-order valence-corrected chi connectivity index (χ3v) is 13.8. The Morgan fingerprint density at radius 1 is 0.385 bits per heavy atom. The zero-order chi connectivity index (χ0) is 56.1. The van der Waals surface area contributed by atoms with Crippen LogP contribution in [0.25, 0.3) is 0 Å². The molecule has 1 fully saturated rings. The molecule has 10 N–H and O–H groups in total. The van der Waals surface area contributed by atoms with Crippen molar-refractivity contribution in [2.75, 3.05) is 17.2 Å². The molecule has 9 aromatic rings. The zero-order valence-corrected chi connectivity index (χ0v) is 47.0. The molecule has 9 aromatic carbocycles. The molecule has 0 radical (unpaired) electrons. The summed E-state index contributed by atoms with van der Waals surface area (Å²) in [5, 5.41) is 36.4. The summed E-state index contributed by atoms with van der Waals surface area (Å²) >= 11 is 6.83. The van der Waals surface area contributed by atoms with Crippen molar-refractivity contribution in [3.8, 4) is 0 Å². The molecule has 0 saturated carbocycles. The topological polar surface area (TPSA) is 202 Å². The summed E-state index contributed by atoms with van der Waals surface area (Å²) in [6, 6.07) is 77.1. The van der Waals surface area contributed by atoms with Crippen LogP contribution in [0.1, 0.15) is 49.9 Å². The first-order valence-corrected chi connectivity index (χ1v) is 26.5. The Labute approximate surface area is 475 Å². The second kappa shape index (κ2) is 29.4. The highest BCUT2D eigenvalue weighted by molar-refractivity contribution is 9.11. The van der Waals surface area contributed by atoms with Crippen LogP contribution in [0.4, 0.5) is 28.4 Å². The van der Waals surface area contributed by atoms with Crippen LogP contribution in [-0.4, -0.2) is 64.1 Å². The van der Waals surface area contributed by atoms with Crippen molar-refractivity contribution < 1.29 is 29.4 Å². The molecular weight excluding hydrogens is 1100 g/mol. The van der Waals surface area contributed by atoms with Crippen molar-refractivity contribution in [2.24, 2.45) is 9.98 Å². The van der Waals surface area contributed by atoms with Gasteiger partial charge < -0.3 is 46.6 Å². The number of hydrogen-bond donors (Lipinski definition) is 7. The van der Waals surface area contributed by atoms with Gasteiger partial charge in [-0.1, -0.05) is 200 Å². The standard InChI is InChI=1S/C19H16BNO2.C19H14BrN.C12H18BNO2.C6H8BNO2.C6H6BrN/c22-20(23)17-13-7-8-14-18(17)21-19(15-9-3-1-4-10-15)16-11-5-2-6-12-16;20-17-13-7-8-14-18(17)21-19(15-9-3-1-4-10-15)16-11-5-2-6-12-16;1-11(2)12(3,4)16-13(15-11)9-7-5-6-8-10(9)14;8-6-4-2-1-3-5(6)7(9)10;7-5-3-1-2-4-6(5)8/h1-14,22-23H;1-14H;5-8H,14H2,1-4H3;1-4,9-10H,8H2;1-4H,8H2. The normalized spacial score (nSPS) is 12.5. The van der Waals surface area contributed by atoms with E-state index in [0.29, 0.717) is 28.0 Å². The summed E-state index contributed by atoms with van der Waals surface area (Å²) < 4.78 is 13.8. The maximum absolute atomic E-state index is 9.54. The van der Waals surface area contributed by atoms with Gasteiger partial charge in [-0.3, -0.25) is 0 Å². The lowest BCUT2D eigenvalue weighted by Gasteiger charge is -2.32. The molecule has 0 aromatic heterocycles. The second-order valence-electron chi connectivity index (χ2n) is 18.5. The van der Waals surface area contributed by atoms with Gasteiger partial charge in [-0.2, -0.15) is 0 Å². The molecule has 394 valence electrons. The van der Waals surface area contributed by atoms with Crippen molar-refractivity contribution in [3.63, 3.8) is 0 Å². The number of nitrogen functional groups attached to an aromatic ring is 3. The fourth-order valence-electron chi connectivity index (χ4n) is 7.48. The van der Waals surface area contributed by atoms with Gasteiger partial charge in [0.2, 0.25) is 0 Å². The minimum absolute atomic E-state index is 0.319. The van der Waals surface area contributed by atoms with E-state index >= 15 is 0 Å². The van der Waals surface area contributed by atoms with Gasteiger partial charge in [0.1, 0.15) is 0 Å². The molecule has 0 spiro atoms. The fraction of sp³-hybridized carbons (Fsp3) is 0.0968. The Hall–Kier alpha value is -7.37. The van der Waals surface area contributed by atoms with Gasteiger partial charge in [-0.25, -0.2) is 9.98 Å². The predicted octanol–water partition coefficient (Wildman–Crippen LogP) is 10.7. The molecule has 1 aliphatic rings. The first kappa shape index (κ1) is 59.9. The molecule has 0 unspecified atom stereocenters. The number of aliphatic imine (C=N–C) groups is 2. The van der Waals surface area contributed by atoms with Crippen LogP contribution in [-0.2, 0) is 9.31 Å². The highest BCUT2D eigenvalue weighted by Crippen LogP contribution is 2.37. The van der Waals surface area contributed by atoms with Gasteiger partial charge in [0, 0.05) is 64.6 Å². The summed E-state index contributed by atoms with van der Waals surface area (Å²) in [5.41, 5.74) is 27.1. The van der Waals surface area contributed by atoms with Crippen molar-refractivity contribution >= 4 is 109 Å². The molecule has 78 heavy (non-hydrogen) atoms. The molecule has 1 aliphatic heterocycles. The van der Waals surface area contributed by atoms with Crippen LogP contribution < -0.4 is 33.6 Å². The summed E-state index contributed by atoms with van der Waals surface area (Å²) in [4.78, 5) is 9.59. The van der Waals surface area contributed by atoms with Crippen molar-refractivity contribution in [2.45, 2.75) is 38.9 Å². The number of nitrogens with two attached hydrogens (primary N) is 3. The van der Waals surface area contributed by atoms with Gasteiger partial charge in [-0.05, 0) is 102 Å². The molecule has 1 heterocycles. The lowest BCUT2D eigenvalue weighted by molar-refractivity contribution is 0.00578. The Bertz CT molecular complexity index is 3220. The second-order valence-corrected chi connectivity index (χ2v) is 20.2. The van der Waals surface area contributed by atoms with Crippen LogP contribution in [0.2, 0.25) is 0 Å². The average Bonchev–Trinajstić information content (AvgIpc) is 3.67. The molecule has 0 bridgehead atoms. The molecule has 11 nitrogen and oxygen atoms in total. The van der Waals surface area contributed by atoms with E-state index in [9.17, 15) is 10.0 Å². The van der Waals surface area contributed by atoms with Crippen LogP contribution in [0, 0.1) is 0 Å². The lowest BCUT2D eigenvalue weighted by atomic mass is 9.78. The van der Waals surface area contributed by atoms with Gasteiger partial charge in [-0.15, -0.1) is 0 Å². The number of nitrogens with zero attached hydrogens (tertiary/aromatic N) is 2. The van der Waals surface area contributed by atoms with Crippen molar-refractivity contribution in [3.05, 3.63) is 274 Å². The molecule has 0 atom stereocenters. The van der Waals surface area contributed by atoms with E-state index in [2.05, 4.69) is 56.1 Å². The molecule has 1 saturated heterocycles. The number of rotatable bonds is 9. The lowest BCUT2D eigenvalue weighted by Crippen LogP contribution is -2.41. The van der Waals surface area contributed by atoms with Crippen LogP contribution in [0.5, 0.6) is 0 Å². The molecule has 0 aliphatic carbocycles. The molecule has 16 heteroatoms. The van der Waals surface area contributed by atoms with E-state index in [0.717, 1.165) is 59.5 Å². The van der Waals surface area contributed by atoms with Crippen LogP contribution in [0.3, 0.4) is 0 Å². The summed E-state index contributed by atoms with van der Waals surface area (Å²) in [5.74, 6) is 0. The summed E-state index contributed by atoms with van der Waals surface area (Å²) in [6.45, 7) is 8.14. The van der Waals surface area contributed by atoms with Crippen molar-refractivity contribution in [1.29, 1.82) is 0 Å². The number of benzene rings is 9. The SMILES string of the molecule is Brc1ccccc1N=C(c1ccccc1)c1ccccc1.CC1(C)OB(c2ccccc2N)OC1(C)C.Nc1ccccc1B(O)O.Nc1ccccc1Br.OB(O)c1ccccc1N=C(c1ccccc1)c1ccccc1. The van der Waals surface area contributed by atoms with Crippen LogP contribution in [0.15, 0.2) is 262 Å². The monoisotopic (exact) mass is 1160 g/mol. The van der Waals surface area contributed by atoms with Gasteiger partial charge in [0.05, 0.1) is 34.0 Å². The van der Waals surface area contributed by atoms with E-state index in [-0.39, 0.29) is 18.3 Å². The smallest absolute Gasteiger partial charge is 0.423 e. The minimum Gasteiger partial charge on any atom is -0.423 e. The quantitative estimate of drug-likeness (QED) is 0.0417. The third kappa shape index (κ3) is 17.3. The summed E-state index contributed by atoms with van der Waals surface area (Å²) in [6.07, 6.45) is 0. The van der Waals surface area contributed by atoms with Gasteiger partial charge in [0.25, 0.3) is 0 Å². The number of halogens is 2.